The van der Waals surface area contributed by atoms with Crippen molar-refractivity contribution in [2.75, 3.05) is 12.4 Å². The molecule has 0 fully saturated rings. The van der Waals surface area contributed by atoms with E-state index in [1.54, 1.807) is 13.0 Å². The molecule has 0 amide bonds. The van der Waals surface area contributed by atoms with Crippen LogP contribution in [0.2, 0.25) is 0 Å². The van der Waals surface area contributed by atoms with Crippen LogP contribution in [0, 0.1) is 13.8 Å². The average Bonchev–Trinajstić information content (AvgIpc) is 3.00. The predicted octanol–water partition coefficient (Wildman–Crippen LogP) is 3.88. The van der Waals surface area contributed by atoms with Gasteiger partial charge in [0, 0.05) is 6.54 Å². The van der Waals surface area contributed by atoms with Gasteiger partial charge in [-0.25, -0.2) is 0 Å². The topological polar surface area (TPSA) is 66.2 Å². The van der Waals surface area contributed by atoms with E-state index in [9.17, 15) is 4.79 Å². The molecule has 1 heterocycles. The maximum atomic E-state index is 11.6. The minimum atomic E-state index is -0.290. The quantitative estimate of drug-likeness (QED) is 0.376. The van der Waals surface area contributed by atoms with E-state index in [0.717, 1.165) is 5.75 Å². The van der Waals surface area contributed by atoms with Crippen LogP contribution >= 0.6 is 11.8 Å². The minimum Gasteiger partial charge on any atom is -0.483 e. The lowest BCUT2D eigenvalue weighted by Crippen LogP contribution is -2.13. The van der Waals surface area contributed by atoms with Crippen LogP contribution in [0.1, 0.15) is 36.9 Å². The number of ether oxygens (including phenoxy) is 2. The van der Waals surface area contributed by atoms with E-state index in [1.807, 2.05) is 29.7 Å². The third-order valence-corrected chi connectivity index (χ3v) is 4.78. The summed E-state index contributed by atoms with van der Waals surface area (Å²) < 4.78 is 12.9. The standard InChI is InChI=1S/C19H25N3O3S/c1-6-10-22-18(20-21-19(22)26-12-17(23)24-7-2)15(5)25-16-9-8-13(3)14(4)11-16/h6,8-9,11,15H,1,7,10,12H2,2-5H3. The molecule has 7 heteroatoms. The number of carbonyl (C=O) groups excluding carboxylic acids is 1. The van der Waals surface area contributed by atoms with Crippen molar-refractivity contribution >= 4 is 17.7 Å². The summed E-state index contributed by atoms with van der Waals surface area (Å²) in [5.41, 5.74) is 2.39. The van der Waals surface area contributed by atoms with E-state index in [4.69, 9.17) is 9.47 Å². The number of thioether (sulfide) groups is 1. The zero-order valence-corrected chi connectivity index (χ0v) is 16.5. The lowest BCUT2D eigenvalue weighted by molar-refractivity contribution is -0.139. The zero-order valence-electron chi connectivity index (χ0n) is 15.7. The third-order valence-electron chi connectivity index (χ3n) is 3.84. The van der Waals surface area contributed by atoms with Crippen molar-refractivity contribution < 1.29 is 14.3 Å². The first-order chi connectivity index (χ1) is 12.5. The number of esters is 1. The first-order valence-corrected chi connectivity index (χ1v) is 9.51. The summed E-state index contributed by atoms with van der Waals surface area (Å²) in [6.07, 6.45) is 1.48. The van der Waals surface area contributed by atoms with Crippen molar-refractivity contribution in [3.05, 3.63) is 47.8 Å². The number of hydrogen-bond acceptors (Lipinski definition) is 6. The molecule has 2 rings (SSSR count). The van der Waals surface area contributed by atoms with Gasteiger partial charge in [0.2, 0.25) is 0 Å². The Morgan fingerprint density at radius 3 is 2.77 bits per heavy atom. The van der Waals surface area contributed by atoms with E-state index in [0.29, 0.717) is 24.1 Å². The molecular weight excluding hydrogens is 350 g/mol. The fraction of sp³-hybridized carbons (Fsp3) is 0.421. The number of hydrogen-bond donors (Lipinski definition) is 0. The summed E-state index contributed by atoms with van der Waals surface area (Å²) >= 11 is 1.30. The summed E-state index contributed by atoms with van der Waals surface area (Å²) in [6, 6.07) is 5.99. The number of benzene rings is 1. The van der Waals surface area contributed by atoms with Crippen molar-refractivity contribution in [3.63, 3.8) is 0 Å². The monoisotopic (exact) mass is 375 g/mol. The molecule has 0 N–H and O–H groups in total. The molecule has 1 aromatic heterocycles. The lowest BCUT2D eigenvalue weighted by atomic mass is 10.1. The van der Waals surface area contributed by atoms with Crippen molar-refractivity contribution in [1.29, 1.82) is 0 Å². The zero-order chi connectivity index (χ0) is 19.1. The van der Waals surface area contributed by atoms with Crippen LogP contribution in [-0.4, -0.2) is 33.1 Å². The van der Waals surface area contributed by atoms with Gasteiger partial charge in [0.1, 0.15) is 5.75 Å². The minimum absolute atomic E-state index is 0.190. The second-order valence-corrected chi connectivity index (χ2v) is 6.78. The van der Waals surface area contributed by atoms with Gasteiger partial charge in [0.05, 0.1) is 12.4 Å². The summed E-state index contributed by atoms with van der Waals surface area (Å²) in [6.45, 7) is 12.5. The van der Waals surface area contributed by atoms with Gasteiger partial charge in [-0.15, -0.1) is 16.8 Å². The molecule has 0 aliphatic rings. The van der Waals surface area contributed by atoms with Gasteiger partial charge < -0.3 is 9.47 Å². The van der Waals surface area contributed by atoms with E-state index >= 15 is 0 Å². The van der Waals surface area contributed by atoms with E-state index in [2.05, 4.69) is 30.6 Å². The van der Waals surface area contributed by atoms with Gasteiger partial charge in [-0.3, -0.25) is 9.36 Å². The van der Waals surface area contributed by atoms with Gasteiger partial charge in [0.15, 0.2) is 17.1 Å². The van der Waals surface area contributed by atoms with E-state index in [1.165, 1.54) is 22.9 Å². The molecule has 0 saturated heterocycles. The van der Waals surface area contributed by atoms with Gasteiger partial charge in [-0.05, 0) is 51.0 Å². The summed E-state index contributed by atoms with van der Waals surface area (Å²) in [5.74, 6) is 1.39. The predicted molar refractivity (Wildman–Crippen MR) is 103 cm³/mol. The molecule has 0 bridgehead atoms. The fourth-order valence-corrected chi connectivity index (χ4v) is 3.13. The number of carbonyl (C=O) groups is 1. The first kappa shape index (κ1) is 20.0. The second kappa shape index (κ2) is 9.43. The number of rotatable bonds is 9. The molecule has 1 unspecified atom stereocenters. The Morgan fingerprint density at radius 1 is 1.35 bits per heavy atom. The molecule has 26 heavy (non-hydrogen) atoms. The number of aromatic nitrogens is 3. The van der Waals surface area contributed by atoms with Crippen LogP contribution in [0.15, 0.2) is 36.0 Å². The third kappa shape index (κ3) is 5.11. The van der Waals surface area contributed by atoms with Crippen LogP contribution in [0.5, 0.6) is 5.75 Å². The lowest BCUT2D eigenvalue weighted by Gasteiger charge is -2.16. The van der Waals surface area contributed by atoms with Crippen molar-refractivity contribution in [3.8, 4) is 5.75 Å². The van der Waals surface area contributed by atoms with Crippen molar-refractivity contribution in [2.24, 2.45) is 0 Å². The largest absolute Gasteiger partial charge is 0.483 e. The maximum Gasteiger partial charge on any atom is 0.316 e. The van der Waals surface area contributed by atoms with E-state index in [-0.39, 0.29) is 17.8 Å². The highest BCUT2D eigenvalue weighted by Gasteiger charge is 2.20. The average molecular weight is 375 g/mol. The number of aryl methyl sites for hydroxylation is 2. The highest BCUT2D eigenvalue weighted by Crippen LogP contribution is 2.26. The van der Waals surface area contributed by atoms with Gasteiger partial charge in [0.25, 0.3) is 0 Å². The van der Waals surface area contributed by atoms with Crippen molar-refractivity contribution in [1.82, 2.24) is 14.8 Å². The maximum absolute atomic E-state index is 11.6. The normalized spacial score (nSPS) is 11.8. The Balaban J connectivity index is 2.15. The SMILES string of the molecule is C=CCn1c(SCC(=O)OCC)nnc1C(C)Oc1ccc(C)c(C)c1. The summed E-state index contributed by atoms with van der Waals surface area (Å²) in [5, 5.41) is 9.11. The van der Waals surface area contributed by atoms with Gasteiger partial charge in [-0.2, -0.15) is 0 Å². The first-order valence-electron chi connectivity index (χ1n) is 8.52. The number of allylic oxidation sites excluding steroid dienone is 1. The Labute approximate surface area is 158 Å². The summed E-state index contributed by atoms with van der Waals surface area (Å²) in [7, 11) is 0. The molecule has 0 spiro atoms. The Morgan fingerprint density at radius 2 is 2.12 bits per heavy atom. The molecule has 140 valence electrons. The van der Waals surface area contributed by atoms with Gasteiger partial charge in [-0.1, -0.05) is 23.9 Å². The Bertz CT molecular complexity index is 773. The Kier molecular flexibility index (Phi) is 7.26. The van der Waals surface area contributed by atoms with Crippen molar-refractivity contribution in [2.45, 2.75) is 45.5 Å². The fourth-order valence-electron chi connectivity index (χ4n) is 2.38. The van der Waals surface area contributed by atoms with Crippen LogP contribution in [0.4, 0.5) is 0 Å². The molecule has 0 aliphatic heterocycles. The van der Waals surface area contributed by atoms with Crippen LogP contribution in [-0.2, 0) is 16.1 Å². The number of nitrogens with zero attached hydrogens (tertiary/aromatic N) is 3. The highest BCUT2D eigenvalue weighted by molar-refractivity contribution is 7.99. The molecule has 0 aliphatic carbocycles. The molecule has 1 aromatic carbocycles. The Hall–Kier alpha value is -2.28. The molecule has 1 atom stereocenters. The molecular formula is C19H25N3O3S. The van der Waals surface area contributed by atoms with Crippen LogP contribution in [0.25, 0.3) is 0 Å². The van der Waals surface area contributed by atoms with Gasteiger partial charge >= 0.3 is 5.97 Å². The van der Waals surface area contributed by atoms with Crippen LogP contribution in [0.3, 0.4) is 0 Å². The smallest absolute Gasteiger partial charge is 0.316 e. The molecule has 0 saturated carbocycles. The second-order valence-electron chi connectivity index (χ2n) is 5.84. The molecule has 0 radical (unpaired) electrons. The van der Waals surface area contributed by atoms with Crippen LogP contribution < -0.4 is 4.74 Å². The summed E-state index contributed by atoms with van der Waals surface area (Å²) in [4.78, 5) is 11.6. The molecule has 2 aromatic rings. The molecule has 6 nitrogen and oxygen atoms in total. The highest BCUT2D eigenvalue weighted by atomic mass is 32.2. The van der Waals surface area contributed by atoms with E-state index < -0.39 is 0 Å².